The van der Waals surface area contributed by atoms with E-state index in [0.29, 0.717) is 11.6 Å². The minimum Gasteiger partial charge on any atom is -0.364 e. The smallest absolute Gasteiger partial charge is 0.273 e. The molecule has 1 aliphatic carbocycles. The van der Waals surface area contributed by atoms with Gasteiger partial charge in [-0.05, 0) is 18.8 Å². The fraction of sp³-hybridized carbons (Fsp3) is 0.667. The quantitative estimate of drug-likeness (QED) is 0.873. The van der Waals surface area contributed by atoms with Crippen molar-refractivity contribution in [2.45, 2.75) is 38.1 Å². The van der Waals surface area contributed by atoms with Crippen LogP contribution in [0.3, 0.4) is 0 Å². The molecule has 0 aromatic carbocycles. The van der Waals surface area contributed by atoms with E-state index < -0.39 is 0 Å². The highest BCUT2D eigenvalue weighted by Crippen LogP contribution is 2.33. The summed E-state index contributed by atoms with van der Waals surface area (Å²) >= 11 is 3.53. The van der Waals surface area contributed by atoms with Gasteiger partial charge in [-0.1, -0.05) is 40.9 Å². The molecule has 0 spiro atoms. The maximum Gasteiger partial charge on any atom is 0.273 e. The van der Waals surface area contributed by atoms with Crippen LogP contribution in [-0.4, -0.2) is 21.9 Å². The van der Waals surface area contributed by atoms with Gasteiger partial charge in [-0.25, -0.2) is 0 Å². The molecule has 2 atom stereocenters. The van der Waals surface area contributed by atoms with Crippen LogP contribution in [0.1, 0.15) is 43.1 Å². The van der Waals surface area contributed by atoms with E-state index in [1.54, 1.807) is 6.07 Å². The van der Waals surface area contributed by atoms with Gasteiger partial charge in [0, 0.05) is 11.4 Å². The zero-order valence-electron chi connectivity index (χ0n) is 9.91. The third kappa shape index (κ3) is 2.89. The fourth-order valence-corrected chi connectivity index (χ4v) is 3.21. The van der Waals surface area contributed by atoms with Gasteiger partial charge in [0.1, 0.15) is 6.26 Å². The number of nitrogens with zero attached hydrogens (tertiary/aromatic N) is 1. The average Bonchev–Trinajstić information content (AvgIpc) is 2.82. The minimum absolute atomic E-state index is 0.131. The maximum absolute atomic E-state index is 12.0. The number of hydrogen-bond acceptors (Lipinski definition) is 3. The number of aromatic nitrogens is 1. The van der Waals surface area contributed by atoms with Gasteiger partial charge >= 0.3 is 0 Å². The molecule has 1 fully saturated rings. The molecule has 1 aromatic heterocycles. The molecule has 1 aliphatic rings. The predicted molar refractivity (Wildman–Crippen MR) is 68.1 cm³/mol. The summed E-state index contributed by atoms with van der Waals surface area (Å²) in [6, 6.07) is 1.59. The molecule has 1 aromatic rings. The summed E-state index contributed by atoms with van der Waals surface area (Å²) in [5.41, 5.74) is 0.219. The first-order chi connectivity index (χ1) is 8.15. The average molecular weight is 301 g/mol. The molecule has 17 heavy (non-hydrogen) atoms. The number of rotatable bonds is 3. The number of hydrogen-bond donors (Lipinski definition) is 1. The zero-order chi connectivity index (χ0) is 12.3. The Morgan fingerprint density at radius 3 is 3.18 bits per heavy atom. The van der Waals surface area contributed by atoms with Gasteiger partial charge in [-0.2, -0.15) is 0 Å². The molecule has 4 nitrogen and oxygen atoms in total. The summed E-state index contributed by atoms with van der Waals surface area (Å²) < 4.78 is 4.69. The number of alkyl halides is 1. The Hall–Kier alpha value is -0.840. The third-order valence-corrected chi connectivity index (χ3v) is 4.47. The van der Waals surface area contributed by atoms with Crippen molar-refractivity contribution in [3.8, 4) is 0 Å². The Labute approximate surface area is 109 Å². The molecule has 2 rings (SSSR count). The summed E-state index contributed by atoms with van der Waals surface area (Å²) in [6.07, 6.45) is 5.85. The van der Waals surface area contributed by atoms with Crippen molar-refractivity contribution in [2.24, 2.45) is 5.92 Å². The Balaban J connectivity index is 2.06. The predicted octanol–water partition coefficient (Wildman–Crippen LogP) is 2.75. The number of carbonyl (C=O) groups is 1. The van der Waals surface area contributed by atoms with Crippen molar-refractivity contribution >= 4 is 21.8 Å². The van der Waals surface area contributed by atoms with E-state index in [4.69, 9.17) is 0 Å². The van der Waals surface area contributed by atoms with E-state index >= 15 is 0 Å². The van der Waals surface area contributed by atoms with Crippen LogP contribution in [0, 0.1) is 5.92 Å². The van der Waals surface area contributed by atoms with Crippen LogP contribution in [0.25, 0.3) is 0 Å². The SMILES string of the molecule is CC1CCCC(CBr)(NC(=O)c2ccon2)C1. The van der Waals surface area contributed by atoms with Crippen molar-refractivity contribution in [1.82, 2.24) is 10.5 Å². The van der Waals surface area contributed by atoms with E-state index in [9.17, 15) is 4.79 Å². The molecule has 0 bridgehead atoms. The number of amides is 1. The lowest BCUT2D eigenvalue weighted by Gasteiger charge is -2.39. The molecule has 0 aliphatic heterocycles. The van der Waals surface area contributed by atoms with Gasteiger partial charge in [0.15, 0.2) is 5.69 Å². The first-order valence-electron chi connectivity index (χ1n) is 5.94. The molecule has 1 saturated carbocycles. The zero-order valence-corrected chi connectivity index (χ0v) is 11.5. The summed E-state index contributed by atoms with van der Waals surface area (Å²) in [7, 11) is 0. The molecule has 1 heterocycles. The van der Waals surface area contributed by atoms with Crippen molar-refractivity contribution in [1.29, 1.82) is 0 Å². The molecular formula is C12H17BrN2O2. The van der Waals surface area contributed by atoms with Gasteiger partial charge in [0.25, 0.3) is 5.91 Å². The van der Waals surface area contributed by atoms with Gasteiger partial charge in [-0.3, -0.25) is 4.79 Å². The lowest BCUT2D eigenvalue weighted by atomic mass is 9.77. The van der Waals surface area contributed by atoms with Crippen molar-refractivity contribution < 1.29 is 9.32 Å². The van der Waals surface area contributed by atoms with Gasteiger partial charge in [0.2, 0.25) is 0 Å². The van der Waals surface area contributed by atoms with Crippen LogP contribution < -0.4 is 5.32 Å². The Kier molecular flexibility index (Phi) is 3.86. The molecule has 94 valence electrons. The van der Waals surface area contributed by atoms with Gasteiger partial charge in [-0.15, -0.1) is 0 Å². The third-order valence-electron chi connectivity index (χ3n) is 3.40. The van der Waals surface area contributed by atoms with Crippen LogP contribution in [-0.2, 0) is 0 Å². The monoisotopic (exact) mass is 300 g/mol. The largest absolute Gasteiger partial charge is 0.364 e. The normalized spacial score (nSPS) is 28.9. The van der Waals surface area contributed by atoms with Crippen molar-refractivity contribution in [3.05, 3.63) is 18.0 Å². The molecule has 0 radical (unpaired) electrons. The summed E-state index contributed by atoms with van der Waals surface area (Å²) in [5.74, 6) is 0.506. The maximum atomic E-state index is 12.0. The fourth-order valence-electron chi connectivity index (χ4n) is 2.56. The lowest BCUT2D eigenvalue weighted by molar-refractivity contribution is 0.0860. The molecular weight excluding hydrogens is 284 g/mol. The van der Waals surface area contributed by atoms with Crippen LogP contribution in [0.2, 0.25) is 0 Å². The Bertz CT molecular complexity index is 380. The van der Waals surface area contributed by atoms with Gasteiger partial charge in [0.05, 0.1) is 5.54 Å². The topological polar surface area (TPSA) is 55.1 Å². The van der Waals surface area contributed by atoms with Crippen molar-refractivity contribution in [2.75, 3.05) is 5.33 Å². The van der Waals surface area contributed by atoms with Crippen LogP contribution in [0.4, 0.5) is 0 Å². The first-order valence-corrected chi connectivity index (χ1v) is 7.06. The van der Waals surface area contributed by atoms with Crippen molar-refractivity contribution in [3.63, 3.8) is 0 Å². The molecule has 2 unspecified atom stereocenters. The standard InChI is InChI=1S/C12H17BrN2O2/c1-9-3-2-5-12(7-9,8-13)14-11(16)10-4-6-17-15-10/h4,6,9H,2-3,5,7-8H2,1H3,(H,14,16). The second-order valence-corrected chi connectivity index (χ2v) is 5.52. The van der Waals surface area contributed by atoms with E-state index in [1.165, 1.54) is 12.7 Å². The Morgan fingerprint density at radius 2 is 2.59 bits per heavy atom. The number of nitrogens with one attached hydrogen (secondary N) is 1. The van der Waals surface area contributed by atoms with E-state index in [-0.39, 0.29) is 11.4 Å². The van der Waals surface area contributed by atoms with Crippen LogP contribution in [0.5, 0.6) is 0 Å². The highest BCUT2D eigenvalue weighted by atomic mass is 79.9. The lowest BCUT2D eigenvalue weighted by Crippen LogP contribution is -2.52. The summed E-state index contributed by atoms with van der Waals surface area (Å²) in [4.78, 5) is 12.0. The highest BCUT2D eigenvalue weighted by molar-refractivity contribution is 9.09. The summed E-state index contributed by atoms with van der Waals surface area (Å²) in [5, 5.41) is 7.56. The number of carbonyl (C=O) groups excluding carboxylic acids is 1. The molecule has 1 amide bonds. The van der Waals surface area contributed by atoms with E-state index in [1.807, 2.05) is 0 Å². The molecule has 1 N–H and O–H groups in total. The Morgan fingerprint density at radius 1 is 1.76 bits per heavy atom. The molecule has 5 heteroatoms. The minimum atomic E-state index is -0.146. The van der Waals surface area contributed by atoms with E-state index in [0.717, 1.165) is 24.6 Å². The second kappa shape index (κ2) is 5.21. The second-order valence-electron chi connectivity index (χ2n) is 4.95. The van der Waals surface area contributed by atoms with Gasteiger partial charge < -0.3 is 9.84 Å². The molecule has 0 saturated heterocycles. The van der Waals surface area contributed by atoms with Crippen LogP contribution in [0.15, 0.2) is 16.9 Å². The highest BCUT2D eigenvalue weighted by Gasteiger charge is 2.35. The van der Waals surface area contributed by atoms with Crippen LogP contribution >= 0.6 is 15.9 Å². The summed E-state index contributed by atoms with van der Waals surface area (Å²) in [6.45, 7) is 2.23. The van der Waals surface area contributed by atoms with E-state index in [2.05, 4.69) is 37.9 Å². The number of halogens is 1. The first kappa shape index (κ1) is 12.6.